The molecule has 1 atom stereocenters. The van der Waals surface area contributed by atoms with Crippen LogP contribution >= 0.6 is 0 Å². The number of nitrogens with zero attached hydrogens (tertiary/aromatic N) is 1. The maximum Gasteiger partial charge on any atom is 0.191 e. The number of carbonyl (C=O) groups is 1. The summed E-state index contributed by atoms with van der Waals surface area (Å²) in [6, 6.07) is 1.44. The molecule has 0 spiro atoms. The highest BCUT2D eigenvalue weighted by Gasteiger charge is 2.19. The van der Waals surface area contributed by atoms with E-state index in [-0.39, 0.29) is 11.3 Å². The van der Waals surface area contributed by atoms with Gasteiger partial charge < -0.3 is 0 Å². The Morgan fingerprint density at radius 1 is 1.56 bits per heavy atom. The van der Waals surface area contributed by atoms with E-state index in [1.807, 2.05) is 6.08 Å². The van der Waals surface area contributed by atoms with E-state index < -0.39 is 5.82 Å². The van der Waals surface area contributed by atoms with Crippen LogP contribution in [-0.4, -0.2) is 10.8 Å². The van der Waals surface area contributed by atoms with Crippen LogP contribution in [0, 0.1) is 11.7 Å². The summed E-state index contributed by atoms with van der Waals surface area (Å²) in [6.07, 6.45) is 7.14. The van der Waals surface area contributed by atoms with Crippen LogP contribution in [0.3, 0.4) is 0 Å². The molecule has 1 aliphatic carbocycles. The summed E-state index contributed by atoms with van der Waals surface area (Å²) in [4.78, 5) is 15.6. The Morgan fingerprint density at radius 2 is 2.38 bits per heavy atom. The summed E-state index contributed by atoms with van der Waals surface area (Å²) in [5.74, 6) is -0.0994. The highest BCUT2D eigenvalue weighted by molar-refractivity contribution is 6.08. The Kier molecular flexibility index (Phi) is 3.13. The predicted octanol–water partition coefficient (Wildman–Crippen LogP) is 3.15. The summed E-state index contributed by atoms with van der Waals surface area (Å²) >= 11 is 0. The van der Waals surface area contributed by atoms with E-state index in [9.17, 15) is 9.18 Å². The van der Waals surface area contributed by atoms with Crippen LogP contribution in [0.2, 0.25) is 0 Å². The molecule has 1 unspecified atom stereocenters. The van der Waals surface area contributed by atoms with Crippen molar-refractivity contribution in [2.45, 2.75) is 26.2 Å². The SMILES string of the molecule is CC1CC=C(C(=O)c2ccncc2F)CC1. The Labute approximate surface area is 94.2 Å². The molecule has 3 heteroatoms. The lowest BCUT2D eigenvalue weighted by Gasteiger charge is -2.17. The number of halogens is 1. The van der Waals surface area contributed by atoms with Crippen LogP contribution in [0.1, 0.15) is 36.5 Å². The molecular weight excluding hydrogens is 205 g/mol. The van der Waals surface area contributed by atoms with Crippen molar-refractivity contribution in [2.75, 3.05) is 0 Å². The quantitative estimate of drug-likeness (QED) is 0.715. The van der Waals surface area contributed by atoms with Gasteiger partial charge in [0.15, 0.2) is 11.6 Å². The van der Waals surface area contributed by atoms with E-state index in [1.165, 1.54) is 12.3 Å². The minimum atomic E-state index is -0.535. The van der Waals surface area contributed by atoms with Crippen molar-refractivity contribution in [1.29, 1.82) is 0 Å². The van der Waals surface area contributed by atoms with Crippen LogP contribution in [0.15, 0.2) is 30.1 Å². The summed E-state index contributed by atoms with van der Waals surface area (Å²) in [5, 5.41) is 0. The standard InChI is InChI=1S/C13H14FNO/c1-9-2-4-10(5-3-9)13(16)11-6-7-15-8-12(11)14/h4,6-9H,2-3,5H2,1H3. The number of pyridine rings is 1. The van der Waals surface area contributed by atoms with Gasteiger partial charge in [-0.25, -0.2) is 4.39 Å². The van der Waals surface area contributed by atoms with Gasteiger partial charge in [-0.1, -0.05) is 13.0 Å². The number of ketones is 1. The number of carbonyl (C=O) groups excluding carboxylic acids is 1. The number of aromatic nitrogens is 1. The van der Waals surface area contributed by atoms with E-state index in [1.54, 1.807) is 0 Å². The van der Waals surface area contributed by atoms with Gasteiger partial charge in [-0.3, -0.25) is 9.78 Å². The molecule has 0 saturated heterocycles. The van der Waals surface area contributed by atoms with Gasteiger partial charge >= 0.3 is 0 Å². The van der Waals surface area contributed by atoms with Gasteiger partial charge in [0, 0.05) is 6.20 Å². The number of hydrogen-bond donors (Lipinski definition) is 0. The lowest BCUT2D eigenvalue weighted by Crippen LogP contribution is -2.11. The van der Waals surface area contributed by atoms with Crippen molar-refractivity contribution in [3.63, 3.8) is 0 Å². The Hall–Kier alpha value is -1.51. The van der Waals surface area contributed by atoms with Gasteiger partial charge in [0.05, 0.1) is 11.8 Å². The molecular formula is C13H14FNO. The molecule has 1 aromatic rings. The zero-order valence-electron chi connectivity index (χ0n) is 9.24. The fraction of sp³-hybridized carbons (Fsp3) is 0.385. The van der Waals surface area contributed by atoms with Gasteiger partial charge in [-0.15, -0.1) is 0 Å². The summed E-state index contributed by atoms with van der Waals surface area (Å²) in [7, 11) is 0. The molecule has 1 heterocycles. The fourth-order valence-electron chi connectivity index (χ4n) is 1.90. The van der Waals surface area contributed by atoms with E-state index in [4.69, 9.17) is 0 Å². The predicted molar refractivity (Wildman–Crippen MR) is 59.6 cm³/mol. The maximum absolute atomic E-state index is 13.4. The molecule has 0 saturated carbocycles. The van der Waals surface area contributed by atoms with Gasteiger partial charge in [-0.05, 0) is 36.8 Å². The molecule has 1 aliphatic rings. The lowest BCUT2D eigenvalue weighted by atomic mass is 9.87. The zero-order valence-corrected chi connectivity index (χ0v) is 9.24. The molecule has 0 fully saturated rings. The number of allylic oxidation sites excluding steroid dienone is 2. The van der Waals surface area contributed by atoms with Crippen molar-refractivity contribution < 1.29 is 9.18 Å². The van der Waals surface area contributed by atoms with Crippen LogP contribution in [-0.2, 0) is 0 Å². The second kappa shape index (κ2) is 4.56. The second-order valence-corrected chi connectivity index (χ2v) is 4.29. The van der Waals surface area contributed by atoms with Crippen LogP contribution in [0.25, 0.3) is 0 Å². The zero-order chi connectivity index (χ0) is 11.5. The van der Waals surface area contributed by atoms with Crippen molar-refractivity contribution in [3.8, 4) is 0 Å². The van der Waals surface area contributed by atoms with Crippen molar-refractivity contribution >= 4 is 5.78 Å². The topological polar surface area (TPSA) is 30.0 Å². The first-order valence-corrected chi connectivity index (χ1v) is 5.51. The van der Waals surface area contributed by atoms with E-state index >= 15 is 0 Å². The van der Waals surface area contributed by atoms with Crippen LogP contribution in [0.5, 0.6) is 0 Å². The fourth-order valence-corrected chi connectivity index (χ4v) is 1.90. The molecule has 16 heavy (non-hydrogen) atoms. The highest BCUT2D eigenvalue weighted by Crippen LogP contribution is 2.25. The first kappa shape index (κ1) is 11.0. The molecule has 0 aromatic carbocycles. The highest BCUT2D eigenvalue weighted by atomic mass is 19.1. The lowest BCUT2D eigenvalue weighted by molar-refractivity contribution is 0.102. The van der Waals surface area contributed by atoms with E-state index in [0.29, 0.717) is 5.92 Å². The van der Waals surface area contributed by atoms with E-state index in [2.05, 4.69) is 11.9 Å². The number of hydrogen-bond acceptors (Lipinski definition) is 2. The molecule has 2 rings (SSSR count). The largest absolute Gasteiger partial charge is 0.289 e. The third kappa shape index (κ3) is 2.18. The van der Waals surface area contributed by atoms with E-state index in [0.717, 1.165) is 31.0 Å². The molecule has 2 nitrogen and oxygen atoms in total. The van der Waals surface area contributed by atoms with Crippen LogP contribution in [0.4, 0.5) is 4.39 Å². The van der Waals surface area contributed by atoms with Gasteiger partial charge in [-0.2, -0.15) is 0 Å². The monoisotopic (exact) mass is 219 g/mol. The summed E-state index contributed by atoms with van der Waals surface area (Å²) in [6.45, 7) is 2.16. The van der Waals surface area contributed by atoms with Gasteiger partial charge in [0.1, 0.15) is 0 Å². The Balaban J connectivity index is 2.23. The first-order valence-electron chi connectivity index (χ1n) is 5.51. The average Bonchev–Trinajstić information content (AvgIpc) is 2.30. The molecule has 0 aliphatic heterocycles. The third-order valence-corrected chi connectivity index (χ3v) is 2.98. The number of rotatable bonds is 2. The van der Waals surface area contributed by atoms with Gasteiger partial charge in [0.25, 0.3) is 0 Å². The summed E-state index contributed by atoms with van der Waals surface area (Å²) < 4.78 is 13.4. The molecule has 0 N–H and O–H groups in total. The molecule has 1 aromatic heterocycles. The van der Waals surface area contributed by atoms with Crippen molar-refractivity contribution in [1.82, 2.24) is 4.98 Å². The van der Waals surface area contributed by atoms with Gasteiger partial charge in [0.2, 0.25) is 0 Å². The maximum atomic E-state index is 13.4. The van der Waals surface area contributed by atoms with Crippen molar-refractivity contribution in [3.05, 3.63) is 41.5 Å². The minimum Gasteiger partial charge on any atom is -0.289 e. The Morgan fingerprint density at radius 3 is 3.00 bits per heavy atom. The number of Topliss-reactive ketones (excluding diaryl/α,β-unsaturated/α-hetero) is 1. The smallest absolute Gasteiger partial charge is 0.191 e. The average molecular weight is 219 g/mol. The van der Waals surface area contributed by atoms with Crippen LogP contribution < -0.4 is 0 Å². The normalized spacial score (nSPS) is 20.4. The Bertz CT molecular complexity index is 439. The second-order valence-electron chi connectivity index (χ2n) is 4.29. The third-order valence-electron chi connectivity index (χ3n) is 2.98. The molecule has 0 radical (unpaired) electrons. The minimum absolute atomic E-state index is 0.135. The molecule has 84 valence electrons. The summed E-state index contributed by atoms with van der Waals surface area (Å²) in [5.41, 5.74) is 0.874. The molecule has 0 amide bonds. The first-order chi connectivity index (χ1) is 7.68. The van der Waals surface area contributed by atoms with Crippen molar-refractivity contribution in [2.24, 2.45) is 5.92 Å². The molecule has 0 bridgehead atoms.